The number of hydrogen-bond acceptors (Lipinski definition) is 4. The normalized spacial score (nSPS) is 26.6. The highest BCUT2D eigenvalue weighted by molar-refractivity contribution is 7.89. The molecule has 152 valence electrons. The Bertz CT molecular complexity index is 1050. The molecule has 0 saturated carbocycles. The first kappa shape index (κ1) is 18.8. The third kappa shape index (κ3) is 3.27. The highest BCUT2D eigenvalue weighted by Crippen LogP contribution is 2.50. The number of rotatable bonds is 3. The summed E-state index contributed by atoms with van der Waals surface area (Å²) in [6.07, 6.45) is 5.23. The van der Waals surface area contributed by atoms with Crippen LogP contribution in [0.1, 0.15) is 29.5 Å². The van der Waals surface area contributed by atoms with Crippen LogP contribution in [0, 0.1) is 11.7 Å². The van der Waals surface area contributed by atoms with Gasteiger partial charge in [0.15, 0.2) is 0 Å². The van der Waals surface area contributed by atoms with E-state index in [2.05, 4.69) is 17.5 Å². The van der Waals surface area contributed by atoms with Crippen LogP contribution in [0.2, 0.25) is 0 Å². The van der Waals surface area contributed by atoms with Crippen LogP contribution < -0.4 is 5.32 Å². The summed E-state index contributed by atoms with van der Waals surface area (Å²) in [6, 6.07) is 12.0. The first-order valence-electron chi connectivity index (χ1n) is 9.94. The van der Waals surface area contributed by atoms with Crippen LogP contribution in [-0.4, -0.2) is 39.0 Å². The van der Waals surface area contributed by atoms with Gasteiger partial charge in [-0.3, -0.25) is 0 Å². The van der Waals surface area contributed by atoms with Gasteiger partial charge in [0.05, 0.1) is 24.2 Å². The molecule has 1 aliphatic carbocycles. The van der Waals surface area contributed by atoms with Gasteiger partial charge in [0.25, 0.3) is 0 Å². The van der Waals surface area contributed by atoms with Gasteiger partial charge in [0.2, 0.25) is 10.0 Å². The van der Waals surface area contributed by atoms with Crippen molar-refractivity contribution in [1.82, 2.24) is 4.31 Å². The Morgan fingerprint density at radius 1 is 1.07 bits per heavy atom. The van der Waals surface area contributed by atoms with Gasteiger partial charge in [0, 0.05) is 24.7 Å². The highest BCUT2D eigenvalue weighted by atomic mass is 32.2. The minimum Gasteiger partial charge on any atom is -0.379 e. The summed E-state index contributed by atoms with van der Waals surface area (Å²) in [5.41, 5.74) is 2.99. The third-order valence-electron chi connectivity index (χ3n) is 6.17. The molecule has 2 aliphatic heterocycles. The molecule has 7 heteroatoms. The average Bonchev–Trinajstić information content (AvgIpc) is 3.24. The standard InChI is InChI=1S/C22H23FN2O3S/c23-16-6-4-15(5-7-16)22-19-3-1-2-18(19)20-14-17(8-9-21(20)24-22)29(26,27)25-10-12-28-13-11-25/h1-2,4-9,14,18-19,22,24H,3,10-13H2. The van der Waals surface area contributed by atoms with Gasteiger partial charge >= 0.3 is 0 Å². The number of nitrogens with one attached hydrogen (secondary N) is 1. The molecule has 1 N–H and O–H groups in total. The first-order chi connectivity index (χ1) is 14.0. The van der Waals surface area contributed by atoms with Crippen molar-refractivity contribution >= 4 is 15.7 Å². The Morgan fingerprint density at radius 2 is 1.83 bits per heavy atom. The number of allylic oxidation sites excluding steroid dienone is 2. The van der Waals surface area contributed by atoms with Crippen LogP contribution in [0.5, 0.6) is 0 Å². The molecule has 0 spiro atoms. The molecular weight excluding hydrogens is 391 g/mol. The lowest BCUT2D eigenvalue weighted by Gasteiger charge is -2.38. The number of morpholine rings is 1. The van der Waals surface area contributed by atoms with E-state index in [1.807, 2.05) is 24.3 Å². The van der Waals surface area contributed by atoms with Crippen molar-refractivity contribution in [3.8, 4) is 0 Å². The van der Waals surface area contributed by atoms with Crippen molar-refractivity contribution in [2.24, 2.45) is 5.92 Å². The maximum atomic E-state index is 13.4. The Hall–Kier alpha value is -2.22. The van der Waals surface area contributed by atoms with Gasteiger partial charge in [-0.1, -0.05) is 24.3 Å². The highest BCUT2D eigenvalue weighted by Gasteiger charge is 2.39. The molecule has 3 aliphatic rings. The van der Waals surface area contributed by atoms with E-state index in [4.69, 9.17) is 4.74 Å². The average molecular weight is 415 g/mol. The SMILES string of the molecule is O=S(=O)(c1ccc2c(c1)C1C=CCC1C(c1ccc(F)cc1)N2)N1CCOCC1. The predicted octanol–water partition coefficient (Wildman–Crippen LogP) is 3.67. The molecule has 2 aromatic carbocycles. The summed E-state index contributed by atoms with van der Waals surface area (Å²) >= 11 is 0. The zero-order chi connectivity index (χ0) is 20.0. The second-order valence-electron chi connectivity index (χ2n) is 7.79. The van der Waals surface area contributed by atoms with Gasteiger partial charge in [-0.15, -0.1) is 0 Å². The zero-order valence-corrected chi connectivity index (χ0v) is 16.7. The maximum Gasteiger partial charge on any atom is 0.243 e. The van der Waals surface area contributed by atoms with Crippen molar-refractivity contribution in [2.75, 3.05) is 31.6 Å². The Labute approximate surface area is 170 Å². The molecule has 0 radical (unpaired) electrons. The fourth-order valence-corrected chi connectivity index (χ4v) is 6.11. The second kappa shape index (κ2) is 7.23. The van der Waals surface area contributed by atoms with Crippen molar-refractivity contribution in [3.63, 3.8) is 0 Å². The number of nitrogens with zero attached hydrogens (tertiary/aromatic N) is 1. The van der Waals surface area contributed by atoms with E-state index in [0.717, 1.165) is 23.2 Å². The summed E-state index contributed by atoms with van der Waals surface area (Å²) in [4.78, 5) is 0.333. The summed E-state index contributed by atoms with van der Waals surface area (Å²) in [6.45, 7) is 1.63. The molecule has 0 aromatic heterocycles. The molecule has 2 heterocycles. The molecular formula is C22H23FN2O3S. The fraction of sp³-hybridized carbons (Fsp3) is 0.364. The van der Waals surface area contributed by atoms with E-state index in [1.165, 1.54) is 16.4 Å². The fourth-order valence-electron chi connectivity index (χ4n) is 4.67. The predicted molar refractivity (Wildman–Crippen MR) is 109 cm³/mol. The lowest BCUT2D eigenvalue weighted by atomic mass is 9.77. The van der Waals surface area contributed by atoms with Crippen molar-refractivity contribution in [2.45, 2.75) is 23.3 Å². The molecule has 5 rings (SSSR count). The Kier molecular flexibility index (Phi) is 4.69. The number of ether oxygens (including phenoxy) is 1. The van der Waals surface area contributed by atoms with Crippen LogP contribution in [0.4, 0.5) is 10.1 Å². The molecule has 1 fully saturated rings. The summed E-state index contributed by atoms with van der Waals surface area (Å²) in [5.74, 6) is 0.166. The lowest BCUT2D eigenvalue weighted by molar-refractivity contribution is 0.0730. The molecule has 5 nitrogen and oxygen atoms in total. The van der Waals surface area contributed by atoms with Gasteiger partial charge in [-0.2, -0.15) is 4.31 Å². The third-order valence-corrected chi connectivity index (χ3v) is 8.07. The van der Waals surface area contributed by atoms with E-state index in [0.29, 0.717) is 31.2 Å². The summed E-state index contributed by atoms with van der Waals surface area (Å²) in [5, 5.41) is 3.57. The number of anilines is 1. The van der Waals surface area contributed by atoms with Gasteiger partial charge in [-0.05, 0) is 53.8 Å². The lowest BCUT2D eigenvalue weighted by Crippen LogP contribution is -2.40. The molecule has 3 atom stereocenters. The van der Waals surface area contributed by atoms with E-state index in [1.54, 1.807) is 6.07 Å². The van der Waals surface area contributed by atoms with E-state index < -0.39 is 10.0 Å². The van der Waals surface area contributed by atoms with Crippen LogP contribution in [0.15, 0.2) is 59.5 Å². The minimum atomic E-state index is -3.53. The first-order valence-corrected chi connectivity index (χ1v) is 11.4. The van der Waals surface area contributed by atoms with Crippen molar-refractivity contribution in [1.29, 1.82) is 0 Å². The second-order valence-corrected chi connectivity index (χ2v) is 9.73. The monoisotopic (exact) mass is 414 g/mol. The van der Waals surface area contributed by atoms with Gasteiger partial charge in [-0.25, -0.2) is 12.8 Å². The van der Waals surface area contributed by atoms with Gasteiger partial charge in [0.1, 0.15) is 5.82 Å². The van der Waals surface area contributed by atoms with Gasteiger partial charge < -0.3 is 10.1 Å². The minimum absolute atomic E-state index is 0.0600. The molecule has 0 amide bonds. The molecule has 0 bridgehead atoms. The molecule has 1 saturated heterocycles. The van der Waals surface area contributed by atoms with E-state index >= 15 is 0 Å². The topological polar surface area (TPSA) is 58.6 Å². The zero-order valence-electron chi connectivity index (χ0n) is 15.9. The number of halogens is 1. The number of fused-ring (bicyclic) bond motifs is 3. The Morgan fingerprint density at radius 3 is 2.59 bits per heavy atom. The van der Waals surface area contributed by atoms with Crippen LogP contribution in [-0.2, 0) is 14.8 Å². The number of benzene rings is 2. The van der Waals surface area contributed by atoms with Crippen LogP contribution in [0.25, 0.3) is 0 Å². The maximum absolute atomic E-state index is 13.4. The number of sulfonamides is 1. The van der Waals surface area contributed by atoms with Crippen molar-refractivity contribution in [3.05, 3.63) is 71.6 Å². The van der Waals surface area contributed by atoms with E-state index in [-0.39, 0.29) is 23.7 Å². The van der Waals surface area contributed by atoms with Crippen LogP contribution in [0.3, 0.4) is 0 Å². The number of hydrogen-bond donors (Lipinski definition) is 1. The Balaban J connectivity index is 1.51. The molecule has 2 aromatic rings. The van der Waals surface area contributed by atoms with E-state index in [9.17, 15) is 12.8 Å². The summed E-state index contributed by atoms with van der Waals surface area (Å²) in [7, 11) is -3.53. The molecule has 29 heavy (non-hydrogen) atoms. The smallest absolute Gasteiger partial charge is 0.243 e. The van der Waals surface area contributed by atoms with Crippen LogP contribution >= 0.6 is 0 Å². The van der Waals surface area contributed by atoms with Crippen molar-refractivity contribution < 1.29 is 17.5 Å². The largest absolute Gasteiger partial charge is 0.379 e. The molecule has 3 unspecified atom stereocenters. The quantitative estimate of drug-likeness (QED) is 0.779. The summed E-state index contributed by atoms with van der Waals surface area (Å²) < 4.78 is 46.3.